The Morgan fingerprint density at radius 2 is 1.90 bits per heavy atom. The molecule has 0 unspecified atom stereocenters. The zero-order valence-corrected chi connectivity index (χ0v) is 15.2. The molecule has 118 valence electrons. The molecule has 21 heavy (non-hydrogen) atoms. The molecule has 0 saturated heterocycles. The van der Waals surface area contributed by atoms with Crippen molar-refractivity contribution in [1.82, 2.24) is 5.32 Å². The first kappa shape index (κ1) is 18.2. The van der Waals surface area contributed by atoms with Gasteiger partial charge in [0.05, 0.1) is 0 Å². The second-order valence-corrected chi connectivity index (χ2v) is 7.49. The molecule has 0 fully saturated rings. The van der Waals surface area contributed by atoms with Gasteiger partial charge in [0.15, 0.2) is 0 Å². The molecule has 0 bridgehead atoms. The Labute approximate surface area is 140 Å². The van der Waals surface area contributed by atoms with E-state index in [9.17, 15) is 9.90 Å². The lowest BCUT2D eigenvalue weighted by atomic mass is 9.96. The number of halogens is 1. The molecule has 2 atom stereocenters. The van der Waals surface area contributed by atoms with Crippen molar-refractivity contribution in [2.75, 3.05) is 6.61 Å². The van der Waals surface area contributed by atoms with Gasteiger partial charge in [-0.1, -0.05) is 19.1 Å². The van der Waals surface area contributed by atoms with Gasteiger partial charge in [0.25, 0.3) is 0 Å². The summed E-state index contributed by atoms with van der Waals surface area (Å²) in [6, 6.07) is 7.98. The van der Waals surface area contributed by atoms with E-state index in [1.165, 1.54) is 3.57 Å². The Morgan fingerprint density at radius 1 is 1.33 bits per heavy atom. The second kappa shape index (κ2) is 7.98. The highest BCUT2D eigenvalue weighted by molar-refractivity contribution is 14.1. The predicted octanol–water partition coefficient (Wildman–Crippen LogP) is 3.36. The van der Waals surface area contributed by atoms with E-state index in [0.717, 1.165) is 5.56 Å². The SMILES string of the molecule is C[C@@H](CO)[C@H](Cc1ccc(I)cc1)NC(=O)OC(C)(C)C. The van der Waals surface area contributed by atoms with Crippen molar-refractivity contribution in [1.29, 1.82) is 0 Å². The van der Waals surface area contributed by atoms with Crippen LogP contribution in [0.25, 0.3) is 0 Å². The minimum Gasteiger partial charge on any atom is -0.444 e. The molecule has 0 heterocycles. The van der Waals surface area contributed by atoms with Crippen LogP contribution in [0.2, 0.25) is 0 Å². The third-order valence-corrected chi connectivity index (χ3v) is 3.77. The van der Waals surface area contributed by atoms with Gasteiger partial charge in [0.1, 0.15) is 5.60 Å². The summed E-state index contributed by atoms with van der Waals surface area (Å²) < 4.78 is 6.46. The van der Waals surface area contributed by atoms with Gasteiger partial charge in [0, 0.05) is 16.2 Å². The van der Waals surface area contributed by atoms with Gasteiger partial charge in [-0.25, -0.2) is 4.79 Å². The Hall–Kier alpha value is -0.820. The lowest BCUT2D eigenvalue weighted by Gasteiger charge is -2.26. The normalized spacial score (nSPS) is 14.4. The number of rotatable bonds is 5. The fraction of sp³-hybridized carbons (Fsp3) is 0.562. The van der Waals surface area contributed by atoms with Crippen LogP contribution in [-0.4, -0.2) is 29.4 Å². The van der Waals surface area contributed by atoms with E-state index in [-0.39, 0.29) is 18.6 Å². The van der Waals surface area contributed by atoms with Crippen LogP contribution in [0.4, 0.5) is 4.79 Å². The molecular formula is C16H24INO3. The molecule has 0 aliphatic rings. The molecular weight excluding hydrogens is 381 g/mol. The maximum absolute atomic E-state index is 11.9. The molecule has 0 spiro atoms. The highest BCUT2D eigenvalue weighted by Crippen LogP contribution is 2.14. The molecule has 0 aliphatic heterocycles. The second-order valence-electron chi connectivity index (χ2n) is 6.24. The number of hydrogen-bond acceptors (Lipinski definition) is 3. The standard InChI is InChI=1S/C16H24INO3/c1-11(10-19)14(18-15(20)21-16(2,3)4)9-12-5-7-13(17)8-6-12/h5-8,11,14,19H,9-10H2,1-4H3,(H,18,20)/t11-,14-/m0/s1. The molecule has 0 radical (unpaired) electrons. The number of carbonyl (C=O) groups is 1. The maximum atomic E-state index is 11.9. The van der Waals surface area contributed by atoms with Crippen molar-refractivity contribution in [2.45, 2.75) is 45.8 Å². The number of nitrogens with one attached hydrogen (secondary N) is 1. The molecule has 0 aliphatic carbocycles. The molecule has 2 N–H and O–H groups in total. The zero-order valence-electron chi connectivity index (χ0n) is 13.0. The maximum Gasteiger partial charge on any atom is 0.407 e. The number of aliphatic hydroxyl groups excluding tert-OH is 1. The number of amides is 1. The largest absolute Gasteiger partial charge is 0.444 e. The summed E-state index contributed by atoms with van der Waals surface area (Å²) in [5, 5.41) is 12.2. The summed E-state index contributed by atoms with van der Waals surface area (Å²) in [5.74, 6) is -0.0446. The molecule has 5 heteroatoms. The zero-order chi connectivity index (χ0) is 16.0. The van der Waals surface area contributed by atoms with Crippen molar-refractivity contribution < 1.29 is 14.6 Å². The highest BCUT2D eigenvalue weighted by atomic mass is 127. The van der Waals surface area contributed by atoms with Gasteiger partial charge in [0.2, 0.25) is 0 Å². The van der Waals surface area contributed by atoms with E-state index >= 15 is 0 Å². The van der Waals surface area contributed by atoms with Gasteiger partial charge >= 0.3 is 6.09 Å². The summed E-state index contributed by atoms with van der Waals surface area (Å²) >= 11 is 2.26. The number of aliphatic hydroxyl groups is 1. The molecule has 0 saturated carbocycles. The molecule has 1 rings (SSSR count). The fourth-order valence-electron chi connectivity index (χ4n) is 1.86. The average molecular weight is 405 g/mol. The first-order valence-corrected chi connectivity index (χ1v) is 8.14. The van der Waals surface area contributed by atoms with E-state index in [0.29, 0.717) is 6.42 Å². The quantitative estimate of drug-likeness (QED) is 0.739. The van der Waals surface area contributed by atoms with Gasteiger partial charge in [-0.05, 0) is 73.4 Å². The topological polar surface area (TPSA) is 58.6 Å². The highest BCUT2D eigenvalue weighted by Gasteiger charge is 2.23. The monoisotopic (exact) mass is 405 g/mol. The Balaban J connectivity index is 2.72. The minimum atomic E-state index is -0.528. The molecule has 0 aromatic heterocycles. The minimum absolute atomic E-state index is 0.0187. The first-order valence-electron chi connectivity index (χ1n) is 7.06. The van der Waals surface area contributed by atoms with Crippen LogP contribution in [-0.2, 0) is 11.2 Å². The fourth-order valence-corrected chi connectivity index (χ4v) is 2.21. The van der Waals surface area contributed by atoms with E-state index in [2.05, 4.69) is 27.9 Å². The van der Waals surface area contributed by atoms with Crippen molar-refractivity contribution in [2.24, 2.45) is 5.92 Å². The van der Waals surface area contributed by atoms with Crippen molar-refractivity contribution in [3.63, 3.8) is 0 Å². The smallest absolute Gasteiger partial charge is 0.407 e. The number of hydrogen-bond donors (Lipinski definition) is 2. The number of benzene rings is 1. The predicted molar refractivity (Wildman–Crippen MR) is 92.3 cm³/mol. The molecule has 4 nitrogen and oxygen atoms in total. The van der Waals surface area contributed by atoms with Crippen molar-refractivity contribution >= 4 is 28.7 Å². The van der Waals surface area contributed by atoms with Crippen molar-refractivity contribution in [3.05, 3.63) is 33.4 Å². The van der Waals surface area contributed by atoms with Gasteiger partial charge in [-0.15, -0.1) is 0 Å². The first-order chi connectivity index (χ1) is 9.71. The summed E-state index contributed by atoms with van der Waals surface area (Å²) in [5.41, 5.74) is 0.594. The summed E-state index contributed by atoms with van der Waals surface area (Å²) in [7, 11) is 0. The third-order valence-electron chi connectivity index (χ3n) is 3.05. The van der Waals surface area contributed by atoms with Crippen LogP contribution >= 0.6 is 22.6 Å². The van der Waals surface area contributed by atoms with E-state index in [4.69, 9.17) is 4.74 Å². The Kier molecular flexibility index (Phi) is 6.93. The van der Waals surface area contributed by atoms with Gasteiger partial charge in [-0.3, -0.25) is 0 Å². The average Bonchev–Trinajstić information content (AvgIpc) is 2.37. The molecule has 1 amide bonds. The summed E-state index contributed by atoms with van der Waals surface area (Å²) in [6.07, 6.45) is 0.219. The number of alkyl carbamates (subject to hydrolysis) is 1. The van der Waals surface area contributed by atoms with Gasteiger partial charge in [-0.2, -0.15) is 0 Å². The molecule has 1 aromatic rings. The Morgan fingerprint density at radius 3 is 2.38 bits per heavy atom. The Bertz CT molecular complexity index is 454. The van der Waals surface area contributed by atoms with Crippen molar-refractivity contribution in [3.8, 4) is 0 Å². The summed E-state index contributed by atoms with van der Waals surface area (Å²) in [6.45, 7) is 7.42. The van der Waals surface area contributed by atoms with Crippen LogP contribution in [0.3, 0.4) is 0 Å². The van der Waals surface area contributed by atoms with E-state index in [1.54, 1.807) is 0 Å². The van der Waals surface area contributed by atoms with Crippen LogP contribution in [0.5, 0.6) is 0 Å². The third kappa shape index (κ3) is 7.13. The van der Waals surface area contributed by atoms with E-state index in [1.807, 2.05) is 52.0 Å². The van der Waals surface area contributed by atoms with E-state index < -0.39 is 11.7 Å². The lowest BCUT2D eigenvalue weighted by Crippen LogP contribution is -2.44. The van der Waals surface area contributed by atoms with Crippen LogP contribution in [0.1, 0.15) is 33.3 Å². The van der Waals surface area contributed by atoms with Crippen LogP contribution in [0.15, 0.2) is 24.3 Å². The van der Waals surface area contributed by atoms with Crippen LogP contribution in [0, 0.1) is 9.49 Å². The summed E-state index contributed by atoms with van der Waals surface area (Å²) in [4.78, 5) is 11.9. The lowest BCUT2D eigenvalue weighted by molar-refractivity contribution is 0.0475. The van der Waals surface area contributed by atoms with Gasteiger partial charge < -0.3 is 15.2 Å². The number of carbonyl (C=O) groups excluding carboxylic acids is 1. The van der Waals surface area contributed by atoms with Crippen LogP contribution < -0.4 is 5.32 Å². The molecule has 1 aromatic carbocycles. The number of ether oxygens (including phenoxy) is 1.